The average molecular weight is 399 g/mol. The second kappa shape index (κ2) is 9.11. The topological polar surface area (TPSA) is 36.4 Å². The van der Waals surface area contributed by atoms with Crippen molar-refractivity contribution in [3.05, 3.63) is 0 Å². The molecule has 0 aromatic rings. The van der Waals surface area contributed by atoms with Gasteiger partial charge in [-0.05, 0) is 20.1 Å². The van der Waals surface area contributed by atoms with Gasteiger partial charge in [0.2, 0.25) is 0 Å². The third kappa shape index (κ3) is 11.2. The van der Waals surface area contributed by atoms with Crippen LogP contribution in [0.25, 0.3) is 0 Å². The number of nitrogens with one attached hydrogen (secondary N) is 2. The molecule has 0 aliphatic rings. The molecule has 0 amide bonds. The summed E-state index contributed by atoms with van der Waals surface area (Å²) in [7, 11) is 1.54. The molecule has 110 valence electrons. The normalized spacial score (nSPS) is 12.9. The van der Waals surface area contributed by atoms with Crippen molar-refractivity contribution in [3.8, 4) is 0 Å². The Labute approximate surface area is 128 Å². The van der Waals surface area contributed by atoms with E-state index in [1.165, 1.54) is 7.05 Å². The highest BCUT2D eigenvalue weighted by Crippen LogP contribution is 2.19. The fourth-order valence-corrected chi connectivity index (χ4v) is 1.13. The lowest BCUT2D eigenvalue weighted by Gasteiger charge is -2.23. The summed E-state index contributed by atoms with van der Waals surface area (Å²) in [6.45, 7) is 4.57. The maximum atomic E-state index is 11.9. The van der Waals surface area contributed by atoms with Crippen molar-refractivity contribution in [3.63, 3.8) is 0 Å². The molecule has 0 unspecified atom stereocenters. The van der Waals surface area contributed by atoms with Gasteiger partial charge in [0.05, 0.1) is 6.42 Å². The zero-order chi connectivity index (χ0) is 13.5. The fraction of sp³-hybridized carbons (Fsp3) is 0.900. The molecule has 0 radical (unpaired) electrons. The van der Waals surface area contributed by atoms with Gasteiger partial charge in [-0.25, -0.2) is 0 Å². The number of rotatable bonds is 5. The molecule has 0 saturated heterocycles. The van der Waals surface area contributed by atoms with Gasteiger partial charge in [0, 0.05) is 24.9 Å². The molecule has 0 aliphatic carbocycles. The van der Waals surface area contributed by atoms with Gasteiger partial charge in [0.1, 0.15) is 0 Å². The second-order valence-electron chi connectivity index (χ2n) is 4.18. The monoisotopic (exact) mass is 399 g/mol. The van der Waals surface area contributed by atoms with E-state index in [1.54, 1.807) is 11.8 Å². The highest BCUT2D eigenvalue weighted by Gasteiger charge is 2.26. The summed E-state index contributed by atoms with van der Waals surface area (Å²) in [6.07, 6.45) is -3.01. The van der Waals surface area contributed by atoms with Crippen LogP contribution in [0.5, 0.6) is 0 Å². The number of guanidine groups is 1. The Hall–Kier alpha value is 0.140. The third-order valence-electron chi connectivity index (χ3n) is 2.16. The molecule has 0 heterocycles. The largest absolute Gasteiger partial charge is 0.390 e. The smallest absolute Gasteiger partial charge is 0.356 e. The van der Waals surface area contributed by atoms with Gasteiger partial charge in [-0.2, -0.15) is 24.9 Å². The van der Waals surface area contributed by atoms with Gasteiger partial charge in [0.25, 0.3) is 0 Å². The minimum Gasteiger partial charge on any atom is -0.356 e. The van der Waals surface area contributed by atoms with Gasteiger partial charge >= 0.3 is 6.18 Å². The number of hydrogen-bond donors (Lipinski definition) is 2. The molecule has 0 atom stereocenters. The Morgan fingerprint density at radius 3 is 2.17 bits per heavy atom. The minimum atomic E-state index is -4.13. The van der Waals surface area contributed by atoms with E-state index in [2.05, 4.69) is 15.6 Å². The molecule has 18 heavy (non-hydrogen) atoms. The summed E-state index contributed by atoms with van der Waals surface area (Å²) in [5.74, 6) is 0.399. The zero-order valence-corrected chi connectivity index (χ0v) is 14.2. The van der Waals surface area contributed by atoms with Crippen LogP contribution < -0.4 is 10.6 Å². The summed E-state index contributed by atoms with van der Waals surface area (Å²) in [4.78, 5) is 3.86. The SMILES string of the molecule is CN=C(NCCC(F)(F)F)NCC(C)(C)SC.I. The first-order valence-electron chi connectivity index (χ1n) is 5.26. The van der Waals surface area contributed by atoms with Crippen LogP contribution in [0.15, 0.2) is 4.99 Å². The molecule has 2 N–H and O–H groups in total. The van der Waals surface area contributed by atoms with Crippen LogP contribution in [0, 0.1) is 0 Å². The average Bonchev–Trinajstić information content (AvgIpc) is 2.21. The molecular weight excluding hydrogens is 378 g/mol. The van der Waals surface area contributed by atoms with E-state index in [-0.39, 0.29) is 35.3 Å². The zero-order valence-electron chi connectivity index (χ0n) is 11.0. The number of nitrogens with zero attached hydrogens (tertiary/aromatic N) is 1. The second-order valence-corrected chi connectivity index (χ2v) is 5.69. The molecule has 0 bridgehead atoms. The first kappa shape index (κ1) is 20.5. The van der Waals surface area contributed by atoms with Gasteiger partial charge in [-0.1, -0.05) is 0 Å². The third-order valence-corrected chi connectivity index (χ3v) is 3.41. The van der Waals surface area contributed by atoms with E-state index >= 15 is 0 Å². The molecule has 0 fully saturated rings. The molecular formula is C10H21F3IN3S. The van der Waals surface area contributed by atoms with Crippen LogP contribution in [0.1, 0.15) is 20.3 Å². The van der Waals surface area contributed by atoms with Crippen LogP contribution in [0.3, 0.4) is 0 Å². The number of halogens is 4. The van der Waals surface area contributed by atoms with E-state index in [0.717, 1.165) is 0 Å². The summed E-state index contributed by atoms with van der Waals surface area (Å²) >= 11 is 1.68. The highest BCUT2D eigenvalue weighted by molar-refractivity contribution is 14.0. The van der Waals surface area contributed by atoms with Crippen molar-refractivity contribution in [2.75, 3.05) is 26.4 Å². The van der Waals surface area contributed by atoms with Gasteiger partial charge < -0.3 is 10.6 Å². The first-order valence-corrected chi connectivity index (χ1v) is 6.49. The van der Waals surface area contributed by atoms with E-state index in [1.807, 2.05) is 20.1 Å². The lowest BCUT2D eigenvalue weighted by molar-refractivity contribution is -0.132. The quantitative estimate of drug-likeness (QED) is 0.424. The van der Waals surface area contributed by atoms with Crippen LogP contribution >= 0.6 is 35.7 Å². The van der Waals surface area contributed by atoms with Crippen LogP contribution in [-0.4, -0.2) is 43.3 Å². The number of aliphatic imine (C=N–C) groups is 1. The maximum Gasteiger partial charge on any atom is 0.390 e. The van der Waals surface area contributed by atoms with Gasteiger partial charge in [-0.3, -0.25) is 4.99 Å². The molecule has 0 saturated carbocycles. The standard InChI is InChI=1S/C10H20F3N3S.HI/c1-9(2,17-4)7-16-8(14-3)15-6-5-10(11,12)13;/h5-7H2,1-4H3,(H2,14,15,16);1H. The Morgan fingerprint density at radius 1 is 1.22 bits per heavy atom. The number of hydrogen-bond acceptors (Lipinski definition) is 2. The fourth-order valence-electron chi connectivity index (χ4n) is 0.912. The van der Waals surface area contributed by atoms with Crippen molar-refractivity contribution >= 4 is 41.7 Å². The molecule has 0 rings (SSSR count). The lowest BCUT2D eigenvalue weighted by Crippen LogP contribution is -2.44. The Bertz CT molecular complexity index is 257. The summed E-state index contributed by atoms with van der Waals surface area (Å²) in [5.41, 5.74) is 0. The van der Waals surface area contributed by atoms with Crippen LogP contribution in [-0.2, 0) is 0 Å². The maximum absolute atomic E-state index is 11.9. The summed E-state index contributed by atoms with van der Waals surface area (Å²) in [5, 5.41) is 5.63. The summed E-state index contributed by atoms with van der Waals surface area (Å²) in [6, 6.07) is 0. The highest BCUT2D eigenvalue weighted by atomic mass is 127. The van der Waals surface area contributed by atoms with E-state index < -0.39 is 12.6 Å². The molecule has 0 aromatic carbocycles. The van der Waals surface area contributed by atoms with Crippen LogP contribution in [0.2, 0.25) is 0 Å². The van der Waals surface area contributed by atoms with Crippen LogP contribution in [0.4, 0.5) is 13.2 Å². The predicted molar refractivity (Wildman–Crippen MR) is 83.0 cm³/mol. The molecule has 0 aliphatic heterocycles. The number of alkyl halides is 3. The van der Waals surface area contributed by atoms with E-state index in [0.29, 0.717) is 12.5 Å². The predicted octanol–water partition coefficient (Wildman–Crippen LogP) is 2.86. The Kier molecular flexibility index (Phi) is 10.4. The molecule has 0 aromatic heterocycles. The van der Waals surface area contributed by atoms with E-state index in [9.17, 15) is 13.2 Å². The van der Waals surface area contributed by atoms with Crippen molar-refractivity contribution in [1.82, 2.24) is 10.6 Å². The van der Waals surface area contributed by atoms with E-state index in [4.69, 9.17) is 0 Å². The van der Waals surface area contributed by atoms with Crippen molar-refractivity contribution in [2.45, 2.75) is 31.2 Å². The Morgan fingerprint density at radius 2 is 1.78 bits per heavy atom. The van der Waals surface area contributed by atoms with Crippen molar-refractivity contribution in [1.29, 1.82) is 0 Å². The van der Waals surface area contributed by atoms with Crippen molar-refractivity contribution in [2.24, 2.45) is 4.99 Å². The first-order chi connectivity index (χ1) is 7.70. The van der Waals surface area contributed by atoms with Crippen molar-refractivity contribution < 1.29 is 13.2 Å². The van der Waals surface area contributed by atoms with Gasteiger partial charge in [0.15, 0.2) is 5.96 Å². The lowest BCUT2D eigenvalue weighted by atomic mass is 10.2. The Balaban J connectivity index is 0. The molecule has 0 spiro atoms. The minimum absolute atomic E-state index is 0. The molecule has 8 heteroatoms. The van der Waals surface area contributed by atoms with Gasteiger partial charge in [-0.15, -0.1) is 24.0 Å². The summed E-state index contributed by atoms with van der Waals surface area (Å²) < 4.78 is 35.8. The molecule has 3 nitrogen and oxygen atoms in total. The number of thioether (sulfide) groups is 1.